The summed E-state index contributed by atoms with van der Waals surface area (Å²) in [5.74, 6) is -0.876. The zero-order chi connectivity index (χ0) is 8.43. The molecule has 0 atom stereocenters. The van der Waals surface area contributed by atoms with Crippen LogP contribution in [0.5, 0.6) is 5.75 Å². The predicted molar refractivity (Wildman–Crippen MR) is 45.1 cm³/mol. The van der Waals surface area contributed by atoms with Crippen LogP contribution < -0.4 is 0 Å². The van der Waals surface area contributed by atoms with E-state index in [-0.39, 0.29) is 5.75 Å². The Morgan fingerprint density at radius 1 is 1.55 bits per heavy atom. The standard InChI is InChI=1S/C8H8BrFO/c1-2-5-3-7(10)8(11)4-6(5)9/h3-4,11H,2H2,1H3. The van der Waals surface area contributed by atoms with Crippen LogP contribution in [-0.2, 0) is 6.42 Å². The lowest BCUT2D eigenvalue weighted by molar-refractivity contribution is 0.431. The second kappa shape index (κ2) is 3.22. The van der Waals surface area contributed by atoms with Crippen LogP contribution in [-0.4, -0.2) is 5.11 Å². The highest BCUT2D eigenvalue weighted by molar-refractivity contribution is 9.10. The van der Waals surface area contributed by atoms with Gasteiger partial charge in [0, 0.05) is 4.47 Å². The van der Waals surface area contributed by atoms with Gasteiger partial charge >= 0.3 is 0 Å². The van der Waals surface area contributed by atoms with E-state index >= 15 is 0 Å². The fraction of sp³-hybridized carbons (Fsp3) is 0.250. The van der Waals surface area contributed by atoms with Crippen molar-refractivity contribution >= 4 is 15.9 Å². The number of phenolic OH excluding ortho intramolecular Hbond substituents is 1. The molecule has 0 saturated carbocycles. The molecule has 0 spiro atoms. The molecule has 0 heterocycles. The lowest BCUT2D eigenvalue weighted by Crippen LogP contribution is -1.85. The molecular formula is C8H8BrFO. The Kier molecular flexibility index (Phi) is 2.49. The SMILES string of the molecule is CCc1cc(F)c(O)cc1Br. The minimum Gasteiger partial charge on any atom is -0.505 e. The van der Waals surface area contributed by atoms with Gasteiger partial charge in [-0.3, -0.25) is 0 Å². The Bertz CT molecular complexity index is 273. The minimum atomic E-state index is -0.565. The van der Waals surface area contributed by atoms with Crippen molar-refractivity contribution in [3.05, 3.63) is 28.0 Å². The molecule has 0 aliphatic rings. The quantitative estimate of drug-likeness (QED) is 0.769. The Morgan fingerprint density at radius 3 is 2.73 bits per heavy atom. The molecule has 0 unspecified atom stereocenters. The third-order valence-electron chi connectivity index (χ3n) is 1.50. The van der Waals surface area contributed by atoms with Crippen molar-refractivity contribution in [2.45, 2.75) is 13.3 Å². The Balaban J connectivity index is 3.21. The third-order valence-corrected chi connectivity index (χ3v) is 2.23. The molecule has 0 aromatic heterocycles. The van der Waals surface area contributed by atoms with Crippen molar-refractivity contribution in [3.63, 3.8) is 0 Å². The average Bonchev–Trinajstić information content (AvgIpc) is 1.97. The van der Waals surface area contributed by atoms with Crippen LogP contribution in [0, 0.1) is 5.82 Å². The Hall–Kier alpha value is -0.570. The second-order valence-corrected chi connectivity index (χ2v) is 3.10. The van der Waals surface area contributed by atoms with Crippen molar-refractivity contribution in [1.29, 1.82) is 0 Å². The second-order valence-electron chi connectivity index (χ2n) is 2.25. The summed E-state index contributed by atoms with van der Waals surface area (Å²) in [5, 5.41) is 8.92. The van der Waals surface area contributed by atoms with E-state index < -0.39 is 5.82 Å². The Labute approximate surface area is 73.0 Å². The normalized spacial score (nSPS) is 10.1. The molecule has 0 aliphatic heterocycles. The first kappa shape index (κ1) is 8.53. The molecule has 0 saturated heterocycles. The van der Waals surface area contributed by atoms with Crippen molar-refractivity contribution in [1.82, 2.24) is 0 Å². The van der Waals surface area contributed by atoms with Gasteiger partial charge in [-0.2, -0.15) is 0 Å². The third kappa shape index (κ3) is 1.71. The van der Waals surface area contributed by atoms with E-state index in [2.05, 4.69) is 15.9 Å². The maximum Gasteiger partial charge on any atom is 0.165 e. The van der Waals surface area contributed by atoms with Crippen LogP contribution in [0.15, 0.2) is 16.6 Å². The molecule has 3 heteroatoms. The highest BCUT2D eigenvalue weighted by Crippen LogP contribution is 2.25. The summed E-state index contributed by atoms with van der Waals surface area (Å²) in [5.41, 5.74) is 0.861. The summed E-state index contributed by atoms with van der Waals surface area (Å²) in [6, 6.07) is 2.70. The van der Waals surface area contributed by atoms with E-state index in [1.165, 1.54) is 12.1 Å². The molecule has 1 rings (SSSR count). The van der Waals surface area contributed by atoms with Crippen LogP contribution in [0.4, 0.5) is 4.39 Å². The highest BCUT2D eigenvalue weighted by Gasteiger charge is 2.04. The van der Waals surface area contributed by atoms with E-state index in [1.807, 2.05) is 6.92 Å². The van der Waals surface area contributed by atoms with E-state index in [0.29, 0.717) is 0 Å². The zero-order valence-corrected chi connectivity index (χ0v) is 7.65. The van der Waals surface area contributed by atoms with Crippen molar-refractivity contribution in [3.8, 4) is 5.75 Å². The molecule has 1 nitrogen and oxygen atoms in total. The first-order valence-corrected chi connectivity index (χ1v) is 4.11. The van der Waals surface area contributed by atoms with Gasteiger partial charge in [0.1, 0.15) is 0 Å². The number of aryl methyl sites for hydroxylation is 1. The molecule has 11 heavy (non-hydrogen) atoms. The highest BCUT2D eigenvalue weighted by atomic mass is 79.9. The first-order chi connectivity index (χ1) is 5.15. The summed E-state index contributed by atoms with van der Waals surface area (Å²) < 4.78 is 13.4. The van der Waals surface area contributed by atoms with Crippen molar-refractivity contribution < 1.29 is 9.50 Å². The number of phenols is 1. The smallest absolute Gasteiger partial charge is 0.165 e. The number of hydrogen-bond donors (Lipinski definition) is 1. The average molecular weight is 219 g/mol. The van der Waals surface area contributed by atoms with Crippen molar-refractivity contribution in [2.75, 3.05) is 0 Å². The number of hydrogen-bond acceptors (Lipinski definition) is 1. The lowest BCUT2D eigenvalue weighted by atomic mass is 10.1. The molecule has 0 aliphatic carbocycles. The van der Waals surface area contributed by atoms with E-state index in [4.69, 9.17) is 5.11 Å². The summed E-state index contributed by atoms with van der Waals surface area (Å²) in [7, 11) is 0. The van der Waals surface area contributed by atoms with Gasteiger partial charge in [0.2, 0.25) is 0 Å². The number of rotatable bonds is 1. The van der Waals surface area contributed by atoms with E-state index in [1.54, 1.807) is 0 Å². The lowest BCUT2D eigenvalue weighted by Gasteiger charge is -2.01. The number of aromatic hydroxyl groups is 1. The van der Waals surface area contributed by atoms with E-state index in [0.717, 1.165) is 16.5 Å². The molecule has 0 radical (unpaired) electrons. The fourth-order valence-electron chi connectivity index (χ4n) is 0.848. The molecular weight excluding hydrogens is 211 g/mol. The fourth-order valence-corrected chi connectivity index (χ4v) is 1.46. The van der Waals surface area contributed by atoms with Gasteiger partial charge in [0.05, 0.1) is 0 Å². The maximum absolute atomic E-state index is 12.7. The molecule has 1 aromatic carbocycles. The summed E-state index contributed by atoms with van der Waals surface area (Å²) >= 11 is 3.21. The summed E-state index contributed by atoms with van der Waals surface area (Å²) in [6.07, 6.45) is 0.748. The van der Waals surface area contributed by atoms with Crippen LogP contribution in [0.25, 0.3) is 0 Å². The molecule has 1 N–H and O–H groups in total. The van der Waals surface area contributed by atoms with Gasteiger partial charge in [-0.1, -0.05) is 22.9 Å². The predicted octanol–water partition coefficient (Wildman–Crippen LogP) is 2.86. The van der Waals surface area contributed by atoms with Crippen molar-refractivity contribution in [2.24, 2.45) is 0 Å². The topological polar surface area (TPSA) is 20.2 Å². The summed E-state index contributed by atoms with van der Waals surface area (Å²) in [4.78, 5) is 0. The van der Waals surface area contributed by atoms with Crippen LogP contribution in [0.1, 0.15) is 12.5 Å². The number of benzene rings is 1. The van der Waals surface area contributed by atoms with Crippen LogP contribution in [0.2, 0.25) is 0 Å². The first-order valence-electron chi connectivity index (χ1n) is 3.32. The van der Waals surface area contributed by atoms with Gasteiger partial charge in [-0.25, -0.2) is 4.39 Å². The Morgan fingerprint density at radius 2 is 2.18 bits per heavy atom. The summed E-state index contributed by atoms with van der Waals surface area (Å²) in [6.45, 7) is 1.93. The maximum atomic E-state index is 12.7. The molecule has 60 valence electrons. The molecule has 0 bridgehead atoms. The molecule has 0 fully saturated rings. The molecule has 1 aromatic rings. The largest absolute Gasteiger partial charge is 0.505 e. The zero-order valence-electron chi connectivity index (χ0n) is 6.06. The van der Waals surface area contributed by atoms with Gasteiger partial charge < -0.3 is 5.11 Å². The van der Waals surface area contributed by atoms with Crippen LogP contribution in [0.3, 0.4) is 0 Å². The van der Waals surface area contributed by atoms with Gasteiger partial charge in [-0.15, -0.1) is 0 Å². The minimum absolute atomic E-state index is 0.311. The monoisotopic (exact) mass is 218 g/mol. The van der Waals surface area contributed by atoms with Gasteiger partial charge in [-0.05, 0) is 24.1 Å². The van der Waals surface area contributed by atoms with Crippen LogP contribution >= 0.6 is 15.9 Å². The van der Waals surface area contributed by atoms with E-state index in [9.17, 15) is 4.39 Å². The van der Waals surface area contributed by atoms with Gasteiger partial charge in [0.25, 0.3) is 0 Å². The molecule has 0 amide bonds. The number of halogens is 2. The van der Waals surface area contributed by atoms with Gasteiger partial charge in [0.15, 0.2) is 11.6 Å².